The summed E-state index contributed by atoms with van der Waals surface area (Å²) < 4.78 is 40.8. The molecule has 292 valence electrons. The molecular formula is C33H40O20. The minimum atomic E-state index is -2.02. The van der Waals surface area contributed by atoms with Gasteiger partial charge in [-0.3, -0.25) is 4.79 Å². The highest BCUT2D eigenvalue weighted by Gasteiger charge is 2.55. The van der Waals surface area contributed by atoms with Crippen molar-refractivity contribution in [3.8, 4) is 34.3 Å². The van der Waals surface area contributed by atoms with Gasteiger partial charge in [-0.1, -0.05) is 0 Å². The molecular weight excluding hydrogens is 716 g/mol. The molecule has 15 unspecified atom stereocenters. The molecule has 3 fully saturated rings. The summed E-state index contributed by atoms with van der Waals surface area (Å²) in [4.78, 5) is 14.1. The smallest absolute Gasteiger partial charge is 0.239 e. The van der Waals surface area contributed by atoms with E-state index in [2.05, 4.69) is 0 Å². The van der Waals surface area contributed by atoms with Crippen molar-refractivity contribution in [1.82, 2.24) is 0 Å². The van der Waals surface area contributed by atoms with Gasteiger partial charge in [-0.15, -0.1) is 0 Å². The highest BCUT2D eigenvalue weighted by molar-refractivity contribution is 5.88. The van der Waals surface area contributed by atoms with Gasteiger partial charge < -0.3 is 94.1 Å². The standard InChI is InChI=1S/C33H40O20/c1-10-19(39)23(43)25(45)31(47-10)53-30-28(51-32-26(46)24(44)20(40)16(8-34)49-32)21(41)17(9-35)50-33(30)52-29-22(42)18-14(38)6-13(37)7-15(18)48-27(29)11-2-4-12(36)5-3-11/h2-7,10,16-17,19-21,23-26,28,30-41,43-46H,8-9H2,1H3. The summed E-state index contributed by atoms with van der Waals surface area (Å²) in [6.45, 7) is -0.451. The summed E-state index contributed by atoms with van der Waals surface area (Å²) in [5.74, 6) is -2.40. The maximum atomic E-state index is 14.1. The number of phenols is 3. The van der Waals surface area contributed by atoms with Gasteiger partial charge in [0.2, 0.25) is 17.5 Å². The quantitative estimate of drug-likeness (QED) is 0.100. The van der Waals surface area contributed by atoms with E-state index in [4.69, 9.17) is 32.8 Å². The van der Waals surface area contributed by atoms with E-state index < -0.39 is 133 Å². The Bertz CT molecular complexity index is 1780. The summed E-state index contributed by atoms with van der Waals surface area (Å²) in [6, 6.07) is 7.05. The fraction of sp³-hybridized carbons (Fsp3) is 0.545. The molecule has 15 atom stereocenters. The lowest BCUT2D eigenvalue weighted by atomic mass is 9.96. The van der Waals surface area contributed by atoms with Crippen molar-refractivity contribution < 1.29 is 94.1 Å². The molecule has 0 amide bonds. The first-order valence-corrected chi connectivity index (χ1v) is 16.4. The second-order valence-corrected chi connectivity index (χ2v) is 12.9. The Balaban J connectivity index is 1.47. The molecule has 3 aromatic rings. The minimum Gasteiger partial charge on any atom is -0.508 e. The highest BCUT2D eigenvalue weighted by atomic mass is 16.8. The fourth-order valence-electron chi connectivity index (χ4n) is 6.35. The van der Waals surface area contributed by atoms with Gasteiger partial charge in [0, 0.05) is 17.7 Å². The second kappa shape index (κ2) is 15.6. The average Bonchev–Trinajstić information content (AvgIpc) is 3.12. The maximum Gasteiger partial charge on any atom is 0.239 e. The van der Waals surface area contributed by atoms with Crippen molar-refractivity contribution in [2.24, 2.45) is 0 Å². The largest absolute Gasteiger partial charge is 0.508 e. The molecule has 6 rings (SSSR count). The van der Waals surface area contributed by atoms with Crippen LogP contribution in [0.3, 0.4) is 0 Å². The van der Waals surface area contributed by atoms with Gasteiger partial charge in [0.15, 0.2) is 24.4 Å². The number of benzene rings is 2. The van der Waals surface area contributed by atoms with Crippen LogP contribution in [0.5, 0.6) is 23.0 Å². The zero-order valence-electron chi connectivity index (χ0n) is 27.7. The highest BCUT2D eigenvalue weighted by Crippen LogP contribution is 2.39. The molecule has 3 aliphatic rings. The molecule has 0 aliphatic carbocycles. The third-order valence-electron chi connectivity index (χ3n) is 9.32. The third kappa shape index (κ3) is 7.39. The molecule has 20 heteroatoms. The molecule has 0 bridgehead atoms. The summed E-state index contributed by atoms with van der Waals surface area (Å²) >= 11 is 0. The maximum absolute atomic E-state index is 14.1. The fourth-order valence-corrected chi connectivity index (χ4v) is 6.35. The zero-order chi connectivity index (χ0) is 38.5. The number of aromatic hydroxyl groups is 3. The first-order valence-electron chi connectivity index (χ1n) is 16.4. The number of rotatable bonds is 9. The molecule has 3 saturated heterocycles. The lowest BCUT2D eigenvalue weighted by Crippen LogP contribution is -2.67. The van der Waals surface area contributed by atoms with Gasteiger partial charge >= 0.3 is 0 Å². The van der Waals surface area contributed by atoms with Crippen LogP contribution < -0.4 is 10.2 Å². The number of aliphatic hydroxyl groups excluding tert-OH is 9. The summed E-state index contributed by atoms with van der Waals surface area (Å²) in [6.07, 6.45) is -26.9. The van der Waals surface area contributed by atoms with Gasteiger partial charge in [-0.05, 0) is 31.2 Å². The number of fused-ring (bicyclic) bond motifs is 1. The molecule has 2 aromatic carbocycles. The van der Waals surface area contributed by atoms with Gasteiger partial charge in [0.05, 0.1) is 19.3 Å². The van der Waals surface area contributed by atoms with Crippen molar-refractivity contribution in [1.29, 1.82) is 0 Å². The Hall–Kier alpha value is -3.71. The van der Waals surface area contributed by atoms with Gasteiger partial charge in [0.1, 0.15) is 89.3 Å². The predicted molar refractivity (Wildman–Crippen MR) is 171 cm³/mol. The molecule has 12 N–H and O–H groups in total. The first-order chi connectivity index (χ1) is 25.1. The lowest BCUT2D eigenvalue weighted by molar-refractivity contribution is -0.383. The first kappa shape index (κ1) is 39.0. The Morgan fingerprint density at radius 1 is 0.642 bits per heavy atom. The Kier molecular flexibility index (Phi) is 11.5. The predicted octanol–water partition coefficient (Wildman–Crippen LogP) is -3.57. The molecule has 0 saturated carbocycles. The Morgan fingerprint density at radius 2 is 1.21 bits per heavy atom. The van der Waals surface area contributed by atoms with Crippen molar-refractivity contribution in [2.75, 3.05) is 13.2 Å². The van der Waals surface area contributed by atoms with Crippen LogP contribution in [0.15, 0.2) is 45.6 Å². The van der Waals surface area contributed by atoms with Crippen molar-refractivity contribution >= 4 is 11.0 Å². The van der Waals surface area contributed by atoms with E-state index in [1.165, 1.54) is 31.2 Å². The summed E-state index contributed by atoms with van der Waals surface area (Å²) in [5.41, 5.74) is -1.24. The Morgan fingerprint density at radius 3 is 1.85 bits per heavy atom. The molecule has 1 aromatic heterocycles. The summed E-state index contributed by atoms with van der Waals surface area (Å²) in [5, 5.41) is 125. The van der Waals surface area contributed by atoms with Crippen LogP contribution in [-0.2, 0) is 23.7 Å². The Labute approximate surface area is 298 Å². The normalized spacial score (nSPS) is 37.8. The van der Waals surface area contributed by atoms with Crippen molar-refractivity contribution in [2.45, 2.75) is 99.0 Å². The molecule has 4 heterocycles. The monoisotopic (exact) mass is 756 g/mol. The average molecular weight is 757 g/mol. The van der Waals surface area contributed by atoms with Crippen LogP contribution in [0.4, 0.5) is 0 Å². The number of ether oxygens (including phenoxy) is 6. The van der Waals surface area contributed by atoms with Crippen LogP contribution in [0.1, 0.15) is 6.92 Å². The van der Waals surface area contributed by atoms with Gasteiger partial charge in [-0.25, -0.2) is 0 Å². The lowest BCUT2D eigenvalue weighted by Gasteiger charge is -2.48. The van der Waals surface area contributed by atoms with E-state index in [1.54, 1.807) is 0 Å². The number of hydrogen-bond donors (Lipinski definition) is 12. The second-order valence-electron chi connectivity index (χ2n) is 12.9. The van der Waals surface area contributed by atoms with Gasteiger partial charge in [0.25, 0.3) is 0 Å². The number of phenolic OH excluding ortho intramolecular Hbond substituents is 3. The molecule has 0 radical (unpaired) electrons. The van der Waals surface area contributed by atoms with Crippen LogP contribution >= 0.6 is 0 Å². The molecule has 20 nitrogen and oxygen atoms in total. The van der Waals surface area contributed by atoms with Crippen LogP contribution in [-0.4, -0.2) is 167 Å². The topological polar surface area (TPSA) is 328 Å². The third-order valence-corrected chi connectivity index (χ3v) is 9.32. The van der Waals surface area contributed by atoms with E-state index in [0.717, 1.165) is 12.1 Å². The van der Waals surface area contributed by atoms with E-state index in [1.807, 2.05) is 0 Å². The molecule has 3 aliphatic heterocycles. The van der Waals surface area contributed by atoms with Crippen molar-refractivity contribution in [3.63, 3.8) is 0 Å². The minimum absolute atomic E-state index is 0.109. The molecule has 0 spiro atoms. The zero-order valence-corrected chi connectivity index (χ0v) is 27.7. The molecule has 53 heavy (non-hydrogen) atoms. The SMILES string of the molecule is CC1OC(OC2C(Oc3c(-c4ccc(O)cc4)oc4cc(O)cc(O)c4c3=O)OC(CO)C(O)C2OC2OC(CO)C(O)C(O)C2O)C(O)C(O)C1O. The van der Waals surface area contributed by atoms with E-state index in [9.17, 15) is 66.1 Å². The van der Waals surface area contributed by atoms with Crippen LogP contribution in [0, 0.1) is 0 Å². The van der Waals surface area contributed by atoms with Crippen LogP contribution in [0.25, 0.3) is 22.3 Å². The van der Waals surface area contributed by atoms with E-state index in [0.29, 0.717) is 0 Å². The van der Waals surface area contributed by atoms with Crippen molar-refractivity contribution in [3.05, 3.63) is 46.6 Å². The van der Waals surface area contributed by atoms with E-state index in [-0.39, 0.29) is 22.7 Å². The van der Waals surface area contributed by atoms with E-state index >= 15 is 0 Å². The van der Waals surface area contributed by atoms with Crippen LogP contribution in [0.2, 0.25) is 0 Å². The number of hydrogen-bond acceptors (Lipinski definition) is 20. The van der Waals surface area contributed by atoms with Gasteiger partial charge in [-0.2, -0.15) is 0 Å². The number of aliphatic hydroxyl groups is 9. The summed E-state index contributed by atoms with van der Waals surface area (Å²) in [7, 11) is 0.